The number of aryl methyl sites for hydroxylation is 1. The molecule has 0 amide bonds. The summed E-state index contributed by atoms with van der Waals surface area (Å²) < 4.78 is 20.1. The molecule has 2 atom stereocenters. The first kappa shape index (κ1) is 13.6. The number of halogens is 2. The maximum absolute atomic E-state index is 13.4. The summed E-state index contributed by atoms with van der Waals surface area (Å²) in [6.45, 7) is 1.97. The predicted molar refractivity (Wildman–Crippen MR) is 78.2 cm³/mol. The molecule has 3 rings (SSSR count). The summed E-state index contributed by atoms with van der Waals surface area (Å²) in [4.78, 5) is 0. The Morgan fingerprint density at radius 3 is 2.80 bits per heavy atom. The number of aliphatic hydroxyl groups excluding tert-OH is 1. The van der Waals surface area contributed by atoms with Crippen LogP contribution in [0.1, 0.15) is 35.3 Å². The molecule has 2 nitrogen and oxygen atoms in total. The zero-order chi connectivity index (χ0) is 14.3. The largest absolute Gasteiger partial charge is 0.485 e. The lowest BCUT2D eigenvalue weighted by molar-refractivity contribution is 0.0652. The van der Waals surface area contributed by atoms with E-state index in [-0.39, 0.29) is 11.9 Å². The zero-order valence-corrected chi connectivity index (χ0v) is 12.5. The molecule has 0 saturated carbocycles. The van der Waals surface area contributed by atoms with Crippen molar-refractivity contribution >= 4 is 15.9 Å². The average molecular weight is 337 g/mol. The predicted octanol–water partition coefficient (Wildman–Crippen LogP) is 4.45. The van der Waals surface area contributed by atoms with E-state index in [0.29, 0.717) is 12.2 Å². The highest BCUT2D eigenvalue weighted by Gasteiger charge is 2.29. The molecule has 1 N–H and O–H groups in total. The smallest absolute Gasteiger partial charge is 0.128 e. The third-order valence-corrected chi connectivity index (χ3v) is 4.26. The van der Waals surface area contributed by atoms with Crippen LogP contribution in [0.4, 0.5) is 4.39 Å². The lowest BCUT2D eigenvalue weighted by Crippen LogP contribution is -2.19. The molecule has 0 radical (unpaired) electrons. The molecule has 0 aliphatic carbocycles. The first-order valence-corrected chi connectivity index (χ1v) is 7.24. The van der Waals surface area contributed by atoms with Gasteiger partial charge in [-0.2, -0.15) is 0 Å². The van der Waals surface area contributed by atoms with Crippen LogP contribution in [0.25, 0.3) is 0 Å². The van der Waals surface area contributed by atoms with Crippen molar-refractivity contribution in [3.63, 3.8) is 0 Å². The van der Waals surface area contributed by atoms with Gasteiger partial charge < -0.3 is 9.84 Å². The minimum atomic E-state index is -0.598. The van der Waals surface area contributed by atoms with Gasteiger partial charge >= 0.3 is 0 Å². The van der Waals surface area contributed by atoms with E-state index >= 15 is 0 Å². The van der Waals surface area contributed by atoms with Gasteiger partial charge in [-0.15, -0.1) is 0 Å². The molecule has 1 heterocycles. The molecule has 20 heavy (non-hydrogen) atoms. The van der Waals surface area contributed by atoms with Crippen LogP contribution in [-0.2, 0) is 0 Å². The van der Waals surface area contributed by atoms with E-state index in [0.717, 1.165) is 21.2 Å². The molecule has 0 spiro atoms. The minimum Gasteiger partial charge on any atom is -0.485 e. The van der Waals surface area contributed by atoms with E-state index in [4.69, 9.17) is 4.74 Å². The molecule has 1 unspecified atom stereocenters. The molecular weight excluding hydrogens is 323 g/mol. The highest BCUT2D eigenvalue weighted by Crippen LogP contribution is 2.42. The first-order valence-electron chi connectivity index (χ1n) is 6.45. The molecule has 2 aromatic carbocycles. The van der Waals surface area contributed by atoms with E-state index in [2.05, 4.69) is 15.9 Å². The minimum absolute atomic E-state index is 0.309. The fourth-order valence-electron chi connectivity index (χ4n) is 2.52. The van der Waals surface area contributed by atoms with Crippen molar-refractivity contribution in [2.75, 3.05) is 0 Å². The Bertz CT molecular complexity index is 657. The normalized spacial score (nSPS) is 21.2. The van der Waals surface area contributed by atoms with Gasteiger partial charge in [0.25, 0.3) is 0 Å². The van der Waals surface area contributed by atoms with Gasteiger partial charge in [0.1, 0.15) is 17.7 Å². The van der Waals surface area contributed by atoms with Crippen molar-refractivity contribution < 1.29 is 14.2 Å². The van der Waals surface area contributed by atoms with Crippen LogP contribution in [0.5, 0.6) is 5.75 Å². The average Bonchev–Trinajstić information content (AvgIpc) is 2.42. The van der Waals surface area contributed by atoms with Crippen LogP contribution >= 0.6 is 15.9 Å². The molecular formula is C16H14BrFO2. The second kappa shape index (κ2) is 5.19. The van der Waals surface area contributed by atoms with E-state index < -0.39 is 6.10 Å². The van der Waals surface area contributed by atoms with Crippen LogP contribution in [0.15, 0.2) is 40.9 Å². The van der Waals surface area contributed by atoms with Crippen LogP contribution in [-0.4, -0.2) is 5.11 Å². The van der Waals surface area contributed by atoms with Crippen LogP contribution in [0, 0.1) is 12.7 Å². The Morgan fingerprint density at radius 2 is 2.00 bits per heavy atom. The summed E-state index contributed by atoms with van der Waals surface area (Å²) in [6, 6.07) is 10.2. The van der Waals surface area contributed by atoms with Gasteiger partial charge in [-0.3, -0.25) is 0 Å². The number of hydrogen-bond donors (Lipinski definition) is 1. The quantitative estimate of drug-likeness (QED) is 0.833. The van der Waals surface area contributed by atoms with E-state index in [1.165, 1.54) is 12.1 Å². The highest BCUT2D eigenvalue weighted by atomic mass is 79.9. The summed E-state index contributed by atoms with van der Waals surface area (Å²) in [5.74, 6) is 0.353. The third kappa shape index (κ3) is 2.45. The molecule has 104 valence electrons. The Balaban J connectivity index is 1.99. The molecule has 0 saturated heterocycles. The highest BCUT2D eigenvalue weighted by molar-refractivity contribution is 9.10. The number of aliphatic hydroxyl groups is 1. The lowest BCUT2D eigenvalue weighted by Gasteiger charge is -2.30. The van der Waals surface area contributed by atoms with Gasteiger partial charge in [0.2, 0.25) is 0 Å². The maximum atomic E-state index is 13.4. The van der Waals surface area contributed by atoms with Gasteiger partial charge in [0.15, 0.2) is 0 Å². The van der Waals surface area contributed by atoms with E-state index in [9.17, 15) is 9.50 Å². The molecule has 1 aliphatic rings. The second-order valence-electron chi connectivity index (χ2n) is 5.07. The van der Waals surface area contributed by atoms with Crippen molar-refractivity contribution in [3.8, 4) is 5.75 Å². The number of rotatable bonds is 1. The molecule has 0 bridgehead atoms. The van der Waals surface area contributed by atoms with E-state index in [1.54, 1.807) is 6.07 Å². The fourth-order valence-corrected chi connectivity index (χ4v) is 3.02. The number of hydrogen-bond acceptors (Lipinski definition) is 2. The third-order valence-electron chi connectivity index (χ3n) is 3.54. The Labute approximate surface area is 125 Å². The van der Waals surface area contributed by atoms with Gasteiger partial charge in [0.05, 0.1) is 6.10 Å². The molecule has 0 aromatic heterocycles. The van der Waals surface area contributed by atoms with Gasteiger partial charge in [-0.1, -0.05) is 27.6 Å². The molecule has 0 fully saturated rings. The summed E-state index contributed by atoms with van der Waals surface area (Å²) in [5, 5.41) is 10.3. The maximum Gasteiger partial charge on any atom is 0.128 e. The van der Waals surface area contributed by atoms with Crippen molar-refractivity contribution in [1.29, 1.82) is 0 Å². The Kier molecular flexibility index (Phi) is 3.52. The summed E-state index contributed by atoms with van der Waals surface area (Å²) in [7, 11) is 0. The summed E-state index contributed by atoms with van der Waals surface area (Å²) in [6.07, 6.45) is -0.539. The van der Waals surface area contributed by atoms with Crippen molar-refractivity contribution in [1.82, 2.24) is 0 Å². The standard InChI is InChI=1S/C16H14BrFO2/c1-9-2-5-15-12(6-9)14(19)8-16(20-15)11-7-10(18)3-4-13(11)17/h2-7,14,16,19H,8H2,1H3/t14-,16?/m1/s1. The Hall–Kier alpha value is -1.39. The Morgan fingerprint density at radius 1 is 1.20 bits per heavy atom. The van der Waals surface area contributed by atoms with Crippen LogP contribution in [0.2, 0.25) is 0 Å². The monoisotopic (exact) mass is 336 g/mol. The lowest BCUT2D eigenvalue weighted by atomic mass is 9.94. The molecule has 1 aliphatic heterocycles. The summed E-state index contributed by atoms with van der Waals surface area (Å²) in [5.41, 5.74) is 2.60. The van der Waals surface area contributed by atoms with Gasteiger partial charge in [-0.25, -0.2) is 4.39 Å². The first-order chi connectivity index (χ1) is 9.54. The van der Waals surface area contributed by atoms with E-state index in [1.807, 2.05) is 25.1 Å². The number of fused-ring (bicyclic) bond motifs is 1. The van der Waals surface area contributed by atoms with Crippen LogP contribution in [0.3, 0.4) is 0 Å². The van der Waals surface area contributed by atoms with Crippen LogP contribution < -0.4 is 4.74 Å². The molecule has 4 heteroatoms. The zero-order valence-electron chi connectivity index (χ0n) is 10.9. The number of benzene rings is 2. The fraction of sp³-hybridized carbons (Fsp3) is 0.250. The van der Waals surface area contributed by atoms with Gasteiger partial charge in [-0.05, 0) is 37.3 Å². The second-order valence-corrected chi connectivity index (χ2v) is 5.92. The SMILES string of the molecule is Cc1ccc2c(c1)[C@H](O)CC(c1cc(F)ccc1Br)O2. The van der Waals surface area contributed by atoms with Crippen molar-refractivity contribution in [2.24, 2.45) is 0 Å². The topological polar surface area (TPSA) is 29.5 Å². The molecule has 2 aromatic rings. The summed E-state index contributed by atoms with van der Waals surface area (Å²) >= 11 is 3.41. The number of ether oxygens (including phenoxy) is 1. The van der Waals surface area contributed by atoms with Crippen molar-refractivity contribution in [3.05, 3.63) is 63.4 Å². The van der Waals surface area contributed by atoms with Crippen molar-refractivity contribution in [2.45, 2.75) is 25.6 Å². The van der Waals surface area contributed by atoms with Gasteiger partial charge in [0, 0.05) is 22.0 Å².